The Morgan fingerprint density at radius 1 is 0.775 bits per heavy atom. The topological polar surface area (TPSA) is 208 Å². The van der Waals surface area contributed by atoms with E-state index in [-0.39, 0.29) is 25.0 Å². The van der Waals surface area contributed by atoms with Gasteiger partial charge in [-0.3, -0.25) is 19.2 Å². The van der Waals surface area contributed by atoms with Gasteiger partial charge in [-0.15, -0.1) is 0 Å². The molecule has 0 fully saturated rings. The second-order valence-corrected chi connectivity index (χ2v) is 10.1. The zero-order valence-electron chi connectivity index (χ0n) is 21.9. The van der Waals surface area contributed by atoms with Gasteiger partial charge in [0, 0.05) is 6.42 Å². The van der Waals surface area contributed by atoms with E-state index < -0.39 is 60.2 Å². The van der Waals surface area contributed by atoms with Crippen LogP contribution in [0.1, 0.15) is 24.0 Å². The number of carbonyl (C=O) groups excluding carboxylic acids is 3. The monoisotopic (exact) mass is 574 g/mol. The highest BCUT2D eigenvalue weighted by Gasteiger charge is 2.31. The average Bonchev–Trinajstić information content (AvgIpc) is 2.91. The Morgan fingerprint density at radius 2 is 1.32 bits per heavy atom. The van der Waals surface area contributed by atoms with Crippen LogP contribution >= 0.6 is 11.8 Å². The van der Waals surface area contributed by atoms with E-state index in [4.69, 9.17) is 5.73 Å². The number of carboxylic acids is 2. The first kappa shape index (κ1) is 32.1. The fourth-order valence-electron chi connectivity index (χ4n) is 3.74. The minimum atomic E-state index is -1.56. The molecule has 4 unspecified atom stereocenters. The summed E-state index contributed by atoms with van der Waals surface area (Å²) < 4.78 is 0. The molecule has 2 aromatic carbocycles. The molecular formula is C27H34N4O8S. The number of rotatable bonds is 16. The number of hydrogen-bond donors (Lipinski definition) is 7. The van der Waals surface area contributed by atoms with Crippen molar-refractivity contribution in [1.29, 1.82) is 0 Å². The van der Waals surface area contributed by atoms with Crippen molar-refractivity contribution < 1.29 is 39.3 Å². The van der Waals surface area contributed by atoms with Gasteiger partial charge in [0.1, 0.15) is 23.9 Å². The van der Waals surface area contributed by atoms with E-state index in [1.807, 2.05) is 0 Å². The lowest BCUT2D eigenvalue weighted by molar-refractivity contribution is -0.143. The molecule has 2 rings (SSSR count). The summed E-state index contributed by atoms with van der Waals surface area (Å²) in [4.78, 5) is 62.2. The molecule has 13 heteroatoms. The van der Waals surface area contributed by atoms with Crippen molar-refractivity contribution in [1.82, 2.24) is 16.0 Å². The summed E-state index contributed by atoms with van der Waals surface area (Å²) in [7, 11) is 0. The number of aromatic hydroxyl groups is 1. The Bertz CT molecular complexity index is 1160. The highest BCUT2D eigenvalue weighted by atomic mass is 32.2. The van der Waals surface area contributed by atoms with Crippen LogP contribution in [-0.2, 0) is 36.8 Å². The molecule has 0 aliphatic carbocycles. The second kappa shape index (κ2) is 16.1. The molecule has 12 nitrogen and oxygen atoms in total. The fraction of sp³-hybridized carbons (Fsp3) is 0.370. The van der Waals surface area contributed by atoms with Crippen molar-refractivity contribution in [3.63, 3.8) is 0 Å². The predicted molar refractivity (Wildman–Crippen MR) is 149 cm³/mol. The van der Waals surface area contributed by atoms with Gasteiger partial charge in [0.05, 0.1) is 12.5 Å². The summed E-state index contributed by atoms with van der Waals surface area (Å²) in [5.74, 6) is -4.60. The summed E-state index contributed by atoms with van der Waals surface area (Å²) in [5, 5.41) is 35.5. The molecular weight excluding hydrogens is 540 g/mol. The van der Waals surface area contributed by atoms with E-state index in [1.54, 1.807) is 48.7 Å². The summed E-state index contributed by atoms with van der Waals surface area (Å²) in [5.41, 5.74) is 7.26. The van der Waals surface area contributed by atoms with Gasteiger partial charge in [-0.25, -0.2) is 4.79 Å². The summed E-state index contributed by atoms with van der Waals surface area (Å²) in [6, 6.07) is 9.50. The van der Waals surface area contributed by atoms with Crippen LogP contribution in [0.3, 0.4) is 0 Å². The first-order valence-electron chi connectivity index (χ1n) is 12.4. The number of phenols is 1. The maximum Gasteiger partial charge on any atom is 0.326 e. The number of aliphatic carboxylic acids is 2. The van der Waals surface area contributed by atoms with Crippen LogP contribution in [0.2, 0.25) is 0 Å². The number of benzene rings is 2. The maximum atomic E-state index is 13.2. The van der Waals surface area contributed by atoms with Crippen molar-refractivity contribution in [3.05, 3.63) is 65.7 Å². The Balaban J connectivity index is 2.19. The minimum Gasteiger partial charge on any atom is -0.508 e. The molecule has 0 saturated carbocycles. The van der Waals surface area contributed by atoms with E-state index in [1.165, 1.54) is 23.9 Å². The molecule has 0 spiro atoms. The van der Waals surface area contributed by atoms with Crippen LogP contribution in [-0.4, -0.2) is 81.2 Å². The van der Waals surface area contributed by atoms with E-state index in [2.05, 4.69) is 16.0 Å². The molecule has 0 heterocycles. The molecule has 0 aliphatic rings. The number of nitrogens with one attached hydrogen (secondary N) is 3. The number of nitrogens with two attached hydrogens (primary N) is 1. The molecule has 0 bridgehead atoms. The van der Waals surface area contributed by atoms with E-state index in [0.29, 0.717) is 16.9 Å². The third-order valence-electron chi connectivity index (χ3n) is 5.88. The van der Waals surface area contributed by atoms with Crippen molar-refractivity contribution in [2.45, 2.75) is 49.9 Å². The third kappa shape index (κ3) is 10.9. The van der Waals surface area contributed by atoms with E-state index in [0.717, 1.165) is 0 Å². The Labute approximate surface area is 235 Å². The number of carbonyl (C=O) groups is 5. The van der Waals surface area contributed by atoms with Crippen LogP contribution in [0, 0.1) is 0 Å². The van der Waals surface area contributed by atoms with Gasteiger partial charge in [0.2, 0.25) is 17.7 Å². The van der Waals surface area contributed by atoms with Crippen molar-refractivity contribution in [2.75, 3.05) is 12.0 Å². The lowest BCUT2D eigenvalue weighted by atomic mass is 10.0. The van der Waals surface area contributed by atoms with Crippen LogP contribution in [0.15, 0.2) is 54.6 Å². The number of phenolic OH excluding ortho intramolecular Hbond substituents is 1. The molecule has 0 aromatic heterocycles. The zero-order chi connectivity index (χ0) is 29.7. The molecule has 3 amide bonds. The van der Waals surface area contributed by atoms with Gasteiger partial charge in [0.25, 0.3) is 0 Å². The van der Waals surface area contributed by atoms with Gasteiger partial charge >= 0.3 is 11.9 Å². The average molecular weight is 575 g/mol. The lowest BCUT2D eigenvalue weighted by Gasteiger charge is -2.25. The van der Waals surface area contributed by atoms with Crippen LogP contribution in [0.25, 0.3) is 0 Å². The predicted octanol–water partition coefficient (Wildman–Crippen LogP) is 0.272. The standard InChI is InChI=1S/C27H34N4O8S/c1-40-12-11-20(27(38)39)29-25(36)21(14-16-5-3-2-4-6-16)31-26(37)22(15-23(33)34)30-24(35)19(28)13-17-7-9-18(32)10-8-17/h2-10,19-22,32H,11-15,28H2,1H3,(H,29,36)(H,30,35)(H,31,37)(H,33,34)(H,38,39). The lowest BCUT2D eigenvalue weighted by Crippen LogP contribution is -2.58. The Kier molecular flexibility index (Phi) is 12.9. The van der Waals surface area contributed by atoms with Gasteiger partial charge in [-0.2, -0.15) is 11.8 Å². The highest BCUT2D eigenvalue weighted by Crippen LogP contribution is 2.11. The first-order valence-corrected chi connectivity index (χ1v) is 13.8. The minimum absolute atomic E-state index is 0.0125. The Hall–Kier alpha value is -4.10. The maximum absolute atomic E-state index is 13.2. The SMILES string of the molecule is CSCCC(NC(=O)C(Cc1ccccc1)NC(=O)C(CC(=O)O)NC(=O)C(N)Cc1ccc(O)cc1)C(=O)O. The molecule has 0 radical (unpaired) electrons. The summed E-state index contributed by atoms with van der Waals surface area (Å²) in [6.45, 7) is 0. The number of amides is 3. The normalized spacial score (nSPS) is 13.8. The molecule has 40 heavy (non-hydrogen) atoms. The largest absolute Gasteiger partial charge is 0.508 e. The molecule has 2 aromatic rings. The Morgan fingerprint density at radius 3 is 1.90 bits per heavy atom. The van der Waals surface area contributed by atoms with Crippen molar-refractivity contribution >= 4 is 41.4 Å². The smallest absolute Gasteiger partial charge is 0.326 e. The summed E-state index contributed by atoms with van der Waals surface area (Å²) >= 11 is 1.41. The van der Waals surface area contributed by atoms with Crippen LogP contribution < -0.4 is 21.7 Å². The quantitative estimate of drug-likeness (QED) is 0.146. The van der Waals surface area contributed by atoms with E-state index >= 15 is 0 Å². The highest BCUT2D eigenvalue weighted by molar-refractivity contribution is 7.98. The van der Waals surface area contributed by atoms with Crippen LogP contribution in [0.5, 0.6) is 5.75 Å². The molecule has 0 saturated heterocycles. The van der Waals surface area contributed by atoms with Crippen molar-refractivity contribution in [2.24, 2.45) is 5.73 Å². The number of hydrogen-bond acceptors (Lipinski definition) is 8. The van der Waals surface area contributed by atoms with Crippen LogP contribution in [0.4, 0.5) is 0 Å². The first-order chi connectivity index (χ1) is 19.0. The molecule has 8 N–H and O–H groups in total. The number of thioether (sulfide) groups is 1. The van der Waals surface area contributed by atoms with Gasteiger partial charge in [-0.1, -0.05) is 42.5 Å². The number of carboxylic acid groups (broad SMARTS) is 2. The van der Waals surface area contributed by atoms with Crippen molar-refractivity contribution in [3.8, 4) is 5.75 Å². The zero-order valence-corrected chi connectivity index (χ0v) is 22.7. The van der Waals surface area contributed by atoms with E-state index in [9.17, 15) is 39.3 Å². The van der Waals surface area contributed by atoms with Gasteiger partial charge in [0.15, 0.2) is 0 Å². The molecule has 0 aliphatic heterocycles. The molecule has 216 valence electrons. The third-order valence-corrected chi connectivity index (χ3v) is 6.53. The fourth-order valence-corrected chi connectivity index (χ4v) is 4.21. The molecule has 4 atom stereocenters. The van der Waals surface area contributed by atoms with Gasteiger partial charge < -0.3 is 37.0 Å². The second-order valence-electron chi connectivity index (χ2n) is 9.07. The van der Waals surface area contributed by atoms with Gasteiger partial charge in [-0.05, 0) is 48.1 Å². The summed E-state index contributed by atoms with van der Waals surface area (Å²) in [6.07, 6.45) is 1.22.